The molecule has 0 aliphatic rings. The van der Waals surface area contributed by atoms with Crippen LogP contribution < -0.4 is 11.2 Å². The van der Waals surface area contributed by atoms with Crippen molar-refractivity contribution in [2.24, 2.45) is 14.1 Å². The lowest BCUT2D eigenvalue weighted by molar-refractivity contribution is 0.696. The number of alkyl halides is 1. The summed E-state index contributed by atoms with van der Waals surface area (Å²) < 4.78 is 4.31. The number of fused-ring (bicyclic) bond motifs is 1. The lowest BCUT2D eigenvalue weighted by Crippen LogP contribution is -2.37. The van der Waals surface area contributed by atoms with E-state index in [1.807, 2.05) is 34.9 Å². The monoisotopic (exact) mass is 332 g/mol. The van der Waals surface area contributed by atoms with E-state index in [4.69, 9.17) is 11.6 Å². The summed E-state index contributed by atoms with van der Waals surface area (Å²) in [6.45, 7) is 0.466. The van der Waals surface area contributed by atoms with Crippen molar-refractivity contribution < 1.29 is 0 Å². The lowest BCUT2D eigenvalue weighted by Gasteiger charge is -2.07. The van der Waals surface area contributed by atoms with Gasteiger partial charge >= 0.3 is 5.69 Å². The molecule has 0 aliphatic carbocycles. The highest BCUT2D eigenvalue weighted by atomic mass is 35.5. The normalized spacial score (nSPS) is 11.3. The predicted molar refractivity (Wildman–Crippen MR) is 90.2 cm³/mol. The van der Waals surface area contributed by atoms with Crippen LogP contribution in [0.4, 0.5) is 0 Å². The van der Waals surface area contributed by atoms with E-state index in [1.54, 1.807) is 7.05 Å². The topological polar surface area (TPSA) is 61.8 Å². The standard InChI is InChI=1S/C16H17ClN4O2/c1-19-14-13(15(22)20(2)16(19)23)21(9-8-17)12(18-14)10-11-6-4-3-5-7-11/h3-7H,8-10H2,1-2H3. The molecular weight excluding hydrogens is 316 g/mol. The fraction of sp³-hybridized carbons (Fsp3) is 0.312. The lowest BCUT2D eigenvalue weighted by atomic mass is 10.1. The molecule has 120 valence electrons. The number of benzene rings is 1. The maximum atomic E-state index is 12.5. The molecule has 2 heterocycles. The zero-order chi connectivity index (χ0) is 16.6. The molecule has 0 saturated carbocycles. The second-order valence-electron chi connectivity index (χ2n) is 5.41. The van der Waals surface area contributed by atoms with Crippen LogP contribution in [0.15, 0.2) is 39.9 Å². The van der Waals surface area contributed by atoms with Crippen LogP contribution >= 0.6 is 11.6 Å². The third-order valence-electron chi connectivity index (χ3n) is 3.94. The molecule has 0 unspecified atom stereocenters. The van der Waals surface area contributed by atoms with Crippen LogP contribution in [0.1, 0.15) is 11.4 Å². The molecule has 23 heavy (non-hydrogen) atoms. The van der Waals surface area contributed by atoms with Gasteiger partial charge in [0.1, 0.15) is 5.82 Å². The Hall–Kier alpha value is -2.34. The molecule has 0 spiro atoms. The first-order valence-corrected chi connectivity index (χ1v) is 7.83. The number of aryl methyl sites for hydroxylation is 2. The highest BCUT2D eigenvalue weighted by molar-refractivity contribution is 6.17. The van der Waals surface area contributed by atoms with Gasteiger partial charge in [-0.1, -0.05) is 30.3 Å². The summed E-state index contributed by atoms with van der Waals surface area (Å²) in [4.78, 5) is 29.1. The summed E-state index contributed by atoms with van der Waals surface area (Å²) in [6, 6.07) is 9.87. The summed E-state index contributed by atoms with van der Waals surface area (Å²) >= 11 is 5.91. The number of hydrogen-bond acceptors (Lipinski definition) is 3. The summed E-state index contributed by atoms with van der Waals surface area (Å²) in [6.07, 6.45) is 0.573. The van der Waals surface area contributed by atoms with Crippen molar-refractivity contribution in [1.29, 1.82) is 0 Å². The molecular formula is C16H17ClN4O2. The Labute approximate surface area is 137 Å². The molecule has 3 rings (SSSR count). The molecule has 0 aliphatic heterocycles. The molecule has 0 bridgehead atoms. The molecule has 0 amide bonds. The SMILES string of the molecule is Cn1c(=O)c2c(nc(Cc3ccccc3)n2CCCl)n(C)c1=O. The number of hydrogen-bond donors (Lipinski definition) is 0. The van der Waals surface area contributed by atoms with Crippen LogP contribution in [0.25, 0.3) is 11.2 Å². The van der Waals surface area contributed by atoms with E-state index in [9.17, 15) is 9.59 Å². The molecule has 0 atom stereocenters. The fourth-order valence-electron chi connectivity index (χ4n) is 2.73. The molecule has 6 nitrogen and oxygen atoms in total. The second kappa shape index (κ2) is 6.04. The van der Waals surface area contributed by atoms with Gasteiger partial charge in [-0.2, -0.15) is 0 Å². The maximum absolute atomic E-state index is 12.5. The summed E-state index contributed by atoms with van der Waals surface area (Å²) in [5.41, 5.74) is 1.17. The predicted octanol–water partition coefficient (Wildman–Crippen LogP) is 1.26. The third-order valence-corrected chi connectivity index (χ3v) is 4.11. The molecule has 0 radical (unpaired) electrons. The molecule has 0 N–H and O–H groups in total. The van der Waals surface area contributed by atoms with Crippen molar-refractivity contribution in [3.05, 3.63) is 62.6 Å². The third kappa shape index (κ3) is 2.59. The zero-order valence-corrected chi connectivity index (χ0v) is 13.7. The van der Waals surface area contributed by atoms with Gasteiger partial charge in [0.25, 0.3) is 5.56 Å². The summed E-state index contributed by atoms with van der Waals surface area (Å²) in [5.74, 6) is 1.09. The van der Waals surface area contributed by atoms with E-state index < -0.39 is 0 Å². The number of halogens is 1. The van der Waals surface area contributed by atoms with Crippen LogP contribution in [-0.2, 0) is 27.1 Å². The van der Waals surface area contributed by atoms with E-state index in [2.05, 4.69) is 4.98 Å². The van der Waals surface area contributed by atoms with E-state index >= 15 is 0 Å². The van der Waals surface area contributed by atoms with Gasteiger partial charge in [-0.05, 0) is 5.56 Å². The van der Waals surface area contributed by atoms with Gasteiger partial charge in [0, 0.05) is 32.9 Å². The fourth-order valence-corrected chi connectivity index (χ4v) is 2.90. The van der Waals surface area contributed by atoms with Gasteiger partial charge in [0.15, 0.2) is 11.2 Å². The minimum Gasteiger partial charge on any atom is -0.321 e. The molecule has 7 heteroatoms. The van der Waals surface area contributed by atoms with Crippen LogP contribution in [0.3, 0.4) is 0 Å². The van der Waals surface area contributed by atoms with Gasteiger partial charge in [0.2, 0.25) is 0 Å². The minimum atomic E-state index is -0.385. The van der Waals surface area contributed by atoms with Gasteiger partial charge in [-0.3, -0.25) is 13.9 Å². The van der Waals surface area contributed by atoms with Crippen LogP contribution in [-0.4, -0.2) is 24.6 Å². The molecule has 2 aromatic heterocycles. The van der Waals surface area contributed by atoms with Crippen molar-refractivity contribution >= 4 is 22.8 Å². The number of imidazole rings is 1. The molecule has 0 saturated heterocycles. The Bertz CT molecular complexity index is 970. The first kappa shape index (κ1) is 15.6. The van der Waals surface area contributed by atoms with E-state index in [0.29, 0.717) is 30.0 Å². The quantitative estimate of drug-likeness (QED) is 0.676. The minimum absolute atomic E-state index is 0.347. The summed E-state index contributed by atoms with van der Waals surface area (Å²) in [7, 11) is 3.09. The van der Waals surface area contributed by atoms with Crippen molar-refractivity contribution in [2.75, 3.05) is 5.88 Å². The van der Waals surface area contributed by atoms with Crippen LogP contribution in [0, 0.1) is 0 Å². The first-order valence-electron chi connectivity index (χ1n) is 7.29. The van der Waals surface area contributed by atoms with E-state index in [1.165, 1.54) is 11.6 Å². The number of aromatic nitrogens is 4. The number of rotatable bonds is 4. The van der Waals surface area contributed by atoms with Gasteiger partial charge in [-0.25, -0.2) is 9.78 Å². The van der Waals surface area contributed by atoms with E-state index in [-0.39, 0.29) is 11.2 Å². The van der Waals surface area contributed by atoms with Crippen molar-refractivity contribution in [1.82, 2.24) is 18.7 Å². The van der Waals surface area contributed by atoms with E-state index in [0.717, 1.165) is 16.0 Å². The Balaban J connectivity index is 2.28. The molecule has 0 fully saturated rings. The Morgan fingerprint density at radius 3 is 2.43 bits per heavy atom. The Kier molecular flexibility index (Phi) is 4.09. The molecule has 3 aromatic rings. The van der Waals surface area contributed by atoms with Crippen LogP contribution in [0.2, 0.25) is 0 Å². The Morgan fingerprint density at radius 1 is 1.09 bits per heavy atom. The van der Waals surface area contributed by atoms with Crippen LogP contribution in [0.5, 0.6) is 0 Å². The van der Waals surface area contributed by atoms with Gasteiger partial charge in [0.05, 0.1) is 0 Å². The average Bonchev–Trinajstić information content (AvgIpc) is 2.91. The molecule has 1 aromatic carbocycles. The Morgan fingerprint density at radius 2 is 1.78 bits per heavy atom. The smallest absolute Gasteiger partial charge is 0.321 e. The maximum Gasteiger partial charge on any atom is 0.332 e. The number of nitrogens with zero attached hydrogens (tertiary/aromatic N) is 4. The van der Waals surface area contributed by atoms with Crippen molar-refractivity contribution in [2.45, 2.75) is 13.0 Å². The zero-order valence-electron chi connectivity index (χ0n) is 13.0. The highest BCUT2D eigenvalue weighted by Gasteiger charge is 2.18. The highest BCUT2D eigenvalue weighted by Crippen LogP contribution is 2.15. The van der Waals surface area contributed by atoms with Gasteiger partial charge < -0.3 is 4.57 Å². The van der Waals surface area contributed by atoms with Crippen molar-refractivity contribution in [3.63, 3.8) is 0 Å². The summed E-state index contributed by atoms with van der Waals surface area (Å²) in [5, 5.41) is 0. The largest absolute Gasteiger partial charge is 0.332 e. The first-order chi connectivity index (χ1) is 11.0. The average molecular weight is 333 g/mol. The van der Waals surface area contributed by atoms with Gasteiger partial charge in [-0.15, -0.1) is 11.6 Å². The van der Waals surface area contributed by atoms with Crippen molar-refractivity contribution in [3.8, 4) is 0 Å². The second-order valence-corrected chi connectivity index (χ2v) is 5.79.